The van der Waals surface area contributed by atoms with Gasteiger partial charge in [0.15, 0.2) is 5.82 Å². The number of anilines is 2. The number of benzene rings is 1. The average Bonchev–Trinajstić information content (AvgIpc) is 2.78. The Morgan fingerprint density at radius 3 is 2.80 bits per heavy atom. The fourth-order valence-corrected chi connectivity index (χ4v) is 2.99. The maximum atomic E-state index is 5.92. The normalized spacial score (nSPS) is 13.7. The molecule has 1 aromatic heterocycles. The highest BCUT2D eigenvalue weighted by Crippen LogP contribution is 2.35. The summed E-state index contributed by atoms with van der Waals surface area (Å²) in [7, 11) is 0. The van der Waals surface area contributed by atoms with E-state index in [-0.39, 0.29) is 0 Å². The van der Waals surface area contributed by atoms with Gasteiger partial charge in [-0.3, -0.25) is 0 Å². The van der Waals surface area contributed by atoms with Crippen molar-refractivity contribution in [1.29, 1.82) is 0 Å². The van der Waals surface area contributed by atoms with Crippen LogP contribution < -0.4 is 9.80 Å². The number of rotatable bonds is 4. The summed E-state index contributed by atoms with van der Waals surface area (Å²) in [6, 6.07) is 10.4. The summed E-state index contributed by atoms with van der Waals surface area (Å²) in [5.74, 6) is 1.82. The van der Waals surface area contributed by atoms with E-state index in [9.17, 15) is 0 Å². The van der Waals surface area contributed by atoms with Gasteiger partial charge in [-0.1, -0.05) is 30.3 Å². The van der Waals surface area contributed by atoms with Crippen molar-refractivity contribution in [3.63, 3.8) is 0 Å². The maximum Gasteiger partial charge on any atom is 0.224 e. The highest BCUT2D eigenvalue weighted by atomic mass is 35.5. The summed E-state index contributed by atoms with van der Waals surface area (Å²) in [4.78, 5) is 13.0. The summed E-state index contributed by atoms with van der Waals surface area (Å²) in [6.45, 7) is 1.67. The Bertz CT molecular complexity index is 593. The number of halogens is 1. The zero-order valence-electron chi connectivity index (χ0n) is 11.2. The Kier molecular flexibility index (Phi) is 3.98. The molecular formula is C14H15ClN4S. The summed E-state index contributed by atoms with van der Waals surface area (Å²) in [6.07, 6.45) is 3.90. The maximum absolute atomic E-state index is 5.92. The molecule has 1 aliphatic heterocycles. The van der Waals surface area contributed by atoms with Crippen LogP contribution in [0.1, 0.15) is 5.56 Å². The summed E-state index contributed by atoms with van der Waals surface area (Å²) < 4.78 is 0. The van der Waals surface area contributed by atoms with Gasteiger partial charge in [-0.05, 0) is 23.4 Å². The molecule has 104 valence electrons. The van der Waals surface area contributed by atoms with Crippen LogP contribution in [0.5, 0.6) is 0 Å². The lowest BCUT2D eigenvalue weighted by Crippen LogP contribution is -2.30. The molecule has 6 heteroatoms. The molecule has 0 unspecified atom stereocenters. The Hall–Kier alpha value is -1.46. The van der Waals surface area contributed by atoms with Crippen LogP contribution >= 0.6 is 23.4 Å². The van der Waals surface area contributed by atoms with Crippen molar-refractivity contribution >= 4 is 34.9 Å². The highest BCUT2D eigenvalue weighted by Gasteiger charge is 2.27. The number of nitrogens with zero attached hydrogens (tertiary/aromatic N) is 4. The van der Waals surface area contributed by atoms with Gasteiger partial charge >= 0.3 is 0 Å². The van der Waals surface area contributed by atoms with E-state index in [1.807, 2.05) is 12.3 Å². The van der Waals surface area contributed by atoms with Crippen LogP contribution in [0.2, 0.25) is 5.28 Å². The highest BCUT2D eigenvalue weighted by molar-refractivity contribution is 7.98. The van der Waals surface area contributed by atoms with Gasteiger partial charge in [0.2, 0.25) is 5.28 Å². The van der Waals surface area contributed by atoms with E-state index < -0.39 is 0 Å². The standard InChI is InChI=1S/C14H15ClN4S/c1-20-10-19-9-18(8-11-5-3-2-4-6-11)12-7-16-14(15)17-13(12)19/h2-7H,8-10H2,1H3. The van der Waals surface area contributed by atoms with Gasteiger partial charge in [0.05, 0.1) is 18.7 Å². The first-order chi connectivity index (χ1) is 9.78. The molecular weight excluding hydrogens is 292 g/mol. The molecule has 1 aliphatic rings. The van der Waals surface area contributed by atoms with Gasteiger partial charge in [0.1, 0.15) is 5.69 Å². The van der Waals surface area contributed by atoms with E-state index in [4.69, 9.17) is 11.6 Å². The smallest absolute Gasteiger partial charge is 0.224 e. The molecule has 2 heterocycles. The third-order valence-corrected chi connectivity index (χ3v) is 3.96. The molecule has 0 atom stereocenters. The first-order valence-electron chi connectivity index (χ1n) is 6.33. The van der Waals surface area contributed by atoms with Crippen molar-refractivity contribution in [2.24, 2.45) is 0 Å². The van der Waals surface area contributed by atoms with E-state index in [0.717, 1.165) is 30.6 Å². The zero-order chi connectivity index (χ0) is 13.9. The largest absolute Gasteiger partial charge is 0.345 e. The third-order valence-electron chi connectivity index (χ3n) is 3.20. The molecule has 4 nitrogen and oxygen atoms in total. The minimum Gasteiger partial charge on any atom is -0.345 e. The molecule has 0 amide bonds. The fourth-order valence-electron chi connectivity index (χ4n) is 2.35. The Balaban J connectivity index is 1.88. The first kappa shape index (κ1) is 13.5. The second kappa shape index (κ2) is 5.89. The summed E-state index contributed by atoms with van der Waals surface area (Å²) in [5, 5.41) is 0.302. The van der Waals surface area contributed by atoms with Crippen molar-refractivity contribution in [2.75, 3.05) is 28.6 Å². The van der Waals surface area contributed by atoms with Gasteiger partial charge in [-0.25, -0.2) is 4.98 Å². The molecule has 20 heavy (non-hydrogen) atoms. The number of thioether (sulfide) groups is 1. The predicted octanol–water partition coefficient (Wildman–Crippen LogP) is 3.23. The van der Waals surface area contributed by atoms with Crippen molar-refractivity contribution in [2.45, 2.75) is 6.54 Å². The molecule has 3 rings (SSSR count). The second-order valence-electron chi connectivity index (χ2n) is 4.63. The molecule has 0 spiro atoms. The summed E-state index contributed by atoms with van der Waals surface area (Å²) in [5.41, 5.74) is 2.33. The molecule has 0 radical (unpaired) electrons. The molecule has 2 aromatic rings. The lowest BCUT2D eigenvalue weighted by atomic mass is 10.2. The van der Waals surface area contributed by atoms with Crippen LogP contribution in [0, 0.1) is 0 Å². The van der Waals surface area contributed by atoms with Crippen LogP contribution in [0.25, 0.3) is 0 Å². The van der Waals surface area contributed by atoms with Crippen LogP contribution in [0.3, 0.4) is 0 Å². The van der Waals surface area contributed by atoms with Crippen LogP contribution in [0.4, 0.5) is 11.5 Å². The summed E-state index contributed by atoms with van der Waals surface area (Å²) >= 11 is 7.69. The van der Waals surface area contributed by atoms with Crippen molar-refractivity contribution in [3.8, 4) is 0 Å². The van der Waals surface area contributed by atoms with Gasteiger partial charge in [-0.2, -0.15) is 4.98 Å². The topological polar surface area (TPSA) is 32.3 Å². The van der Waals surface area contributed by atoms with E-state index >= 15 is 0 Å². The Morgan fingerprint density at radius 2 is 2.05 bits per heavy atom. The average molecular weight is 307 g/mol. The van der Waals surface area contributed by atoms with E-state index in [2.05, 4.69) is 50.3 Å². The van der Waals surface area contributed by atoms with E-state index in [0.29, 0.717) is 5.28 Å². The van der Waals surface area contributed by atoms with Gasteiger partial charge in [0.25, 0.3) is 0 Å². The molecule has 1 aromatic carbocycles. The van der Waals surface area contributed by atoms with E-state index in [1.54, 1.807) is 11.8 Å². The number of aromatic nitrogens is 2. The van der Waals surface area contributed by atoms with Gasteiger partial charge < -0.3 is 9.80 Å². The Labute approximate surface area is 127 Å². The lowest BCUT2D eigenvalue weighted by molar-refractivity contribution is 0.807. The molecule has 0 N–H and O–H groups in total. The predicted molar refractivity (Wildman–Crippen MR) is 85.4 cm³/mol. The number of hydrogen-bond donors (Lipinski definition) is 0. The quantitative estimate of drug-likeness (QED) is 0.810. The zero-order valence-corrected chi connectivity index (χ0v) is 12.7. The van der Waals surface area contributed by atoms with Crippen molar-refractivity contribution in [1.82, 2.24) is 9.97 Å². The second-order valence-corrected chi connectivity index (χ2v) is 5.80. The SMILES string of the molecule is CSCN1CN(Cc2ccccc2)c2cnc(Cl)nc21. The van der Waals surface area contributed by atoms with Crippen molar-refractivity contribution in [3.05, 3.63) is 47.4 Å². The van der Waals surface area contributed by atoms with Crippen LogP contribution in [0.15, 0.2) is 36.5 Å². The Morgan fingerprint density at radius 1 is 1.25 bits per heavy atom. The van der Waals surface area contributed by atoms with Gasteiger partial charge in [0, 0.05) is 6.54 Å². The molecule has 0 saturated heterocycles. The number of fused-ring (bicyclic) bond motifs is 1. The fraction of sp³-hybridized carbons (Fsp3) is 0.286. The molecule has 0 saturated carbocycles. The molecule has 0 bridgehead atoms. The monoisotopic (exact) mass is 306 g/mol. The van der Waals surface area contributed by atoms with Crippen molar-refractivity contribution < 1.29 is 0 Å². The van der Waals surface area contributed by atoms with Crippen LogP contribution in [-0.4, -0.2) is 28.8 Å². The minimum absolute atomic E-state index is 0.302. The molecule has 0 aliphatic carbocycles. The van der Waals surface area contributed by atoms with Crippen LogP contribution in [-0.2, 0) is 6.54 Å². The number of hydrogen-bond acceptors (Lipinski definition) is 5. The molecule has 0 fully saturated rings. The van der Waals surface area contributed by atoms with E-state index in [1.165, 1.54) is 5.56 Å². The lowest BCUT2D eigenvalue weighted by Gasteiger charge is -2.20. The third kappa shape index (κ3) is 2.69. The van der Waals surface area contributed by atoms with Gasteiger partial charge in [-0.15, -0.1) is 11.8 Å². The first-order valence-corrected chi connectivity index (χ1v) is 8.10. The minimum atomic E-state index is 0.302.